The first-order chi connectivity index (χ1) is 10.9. The summed E-state index contributed by atoms with van der Waals surface area (Å²) in [5.74, 6) is 0.974. The molecule has 122 valence electrons. The third-order valence-electron chi connectivity index (χ3n) is 4.19. The highest BCUT2D eigenvalue weighted by Gasteiger charge is 2.05. The topological polar surface area (TPSA) is 9.23 Å². The van der Waals surface area contributed by atoms with Crippen LogP contribution < -0.4 is 4.74 Å². The first-order valence-corrected chi connectivity index (χ1v) is 8.42. The molecular weight excluding hydrogens is 280 g/mol. The summed E-state index contributed by atoms with van der Waals surface area (Å²) in [6, 6.07) is 8.76. The molecule has 0 unspecified atom stereocenters. The molecule has 0 aliphatic carbocycles. The molecule has 2 aromatic rings. The van der Waals surface area contributed by atoms with Crippen LogP contribution in [0.1, 0.15) is 52.3 Å². The standard InChI is InChI=1S/C22H28O/c1-7-10-23-20-13-18(5)22(19(6)14-20)9-8-21-16(3)11-15(2)12-17(21)4/h8-9,11-14H,7,10H2,1-6H3. The fraction of sp³-hybridized carbons (Fsp3) is 0.364. The Morgan fingerprint density at radius 2 is 1.17 bits per heavy atom. The van der Waals surface area contributed by atoms with Gasteiger partial charge in [0.1, 0.15) is 5.75 Å². The fourth-order valence-corrected chi connectivity index (χ4v) is 3.12. The van der Waals surface area contributed by atoms with Crippen LogP contribution in [0.3, 0.4) is 0 Å². The minimum Gasteiger partial charge on any atom is -0.494 e. The highest BCUT2D eigenvalue weighted by atomic mass is 16.5. The van der Waals surface area contributed by atoms with Crippen LogP contribution in [0.25, 0.3) is 12.2 Å². The van der Waals surface area contributed by atoms with E-state index in [1.54, 1.807) is 0 Å². The van der Waals surface area contributed by atoms with Crippen molar-refractivity contribution < 1.29 is 4.74 Å². The van der Waals surface area contributed by atoms with Gasteiger partial charge in [-0.25, -0.2) is 0 Å². The third kappa shape index (κ3) is 4.25. The molecule has 0 atom stereocenters. The van der Waals surface area contributed by atoms with Crippen LogP contribution in [-0.4, -0.2) is 6.61 Å². The van der Waals surface area contributed by atoms with Crippen molar-refractivity contribution in [2.75, 3.05) is 6.61 Å². The fourth-order valence-electron chi connectivity index (χ4n) is 3.12. The molecule has 0 saturated carbocycles. The normalized spacial score (nSPS) is 11.2. The quantitative estimate of drug-likeness (QED) is 0.599. The van der Waals surface area contributed by atoms with Gasteiger partial charge >= 0.3 is 0 Å². The summed E-state index contributed by atoms with van der Waals surface area (Å²) in [5, 5.41) is 0. The molecule has 1 nitrogen and oxygen atoms in total. The Morgan fingerprint density at radius 1 is 0.739 bits per heavy atom. The van der Waals surface area contributed by atoms with E-state index in [0.29, 0.717) is 0 Å². The Bertz CT molecular complexity index is 677. The molecule has 0 aliphatic heterocycles. The van der Waals surface area contributed by atoms with Gasteiger partial charge in [-0.05, 0) is 86.6 Å². The van der Waals surface area contributed by atoms with Crippen molar-refractivity contribution in [1.29, 1.82) is 0 Å². The van der Waals surface area contributed by atoms with Crippen molar-refractivity contribution in [1.82, 2.24) is 0 Å². The Kier molecular flexibility index (Phi) is 5.65. The van der Waals surface area contributed by atoms with Gasteiger partial charge in [0.25, 0.3) is 0 Å². The Labute approximate surface area is 141 Å². The van der Waals surface area contributed by atoms with Crippen molar-refractivity contribution in [3.63, 3.8) is 0 Å². The number of rotatable bonds is 5. The predicted octanol–water partition coefficient (Wildman–Crippen LogP) is 6.19. The van der Waals surface area contributed by atoms with E-state index >= 15 is 0 Å². The molecule has 0 radical (unpaired) electrons. The lowest BCUT2D eigenvalue weighted by Crippen LogP contribution is -1.97. The molecule has 0 fully saturated rings. The monoisotopic (exact) mass is 308 g/mol. The Morgan fingerprint density at radius 3 is 1.61 bits per heavy atom. The average Bonchev–Trinajstić information content (AvgIpc) is 2.46. The Balaban J connectivity index is 2.33. The van der Waals surface area contributed by atoms with Crippen molar-refractivity contribution in [2.45, 2.75) is 48.0 Å². The van der Waals surface area contributed by atoms with Gasteiger partial charge in [-0.15, -0.1) is 0 Å². The maximum Gasteiger partial charge on any atom is 0.119 e. The second-order valence-electron chi connectivity index (χ2n) is 6.46. The summed E-state index contributed by atoms with van der Waals surface area (Å²) in [6.07, 6.45) is 5.51. The van der Waals surface area contributed by atoms with Crippen LogP contribution in [0.4, 0.5) is 0 Å². The van der Waals surface area contributed by atoms with E-state index in [-0.39, 0.29) is 0 Å². The van der Waals surface area contributed by atoms with Gasteiger partial charge in [0.15, 0.2) is 0 Å². The van der Waals surface area contributed by atoms with E-state index in [1.165, 1.54) is 38.9 Å². The molecule has 0 spiro atoms. The summed E-state index contributed by atoms with van der Waals surface area (Å²) in [4.78, 5) is 0. The number of aryl methyl sites for hydroxylation is 5. The van der Waals surface area contributed by atoms with E-state index in [0.717, 1.165) is 18.8 Å². The SMILES string of the molecule is CCCOc1cc(C)c(C=Cc2c(C)cc(C)cc2C)c(C)c1. The summed E-state index contributed by atoms with van der Waals surface area (Å²) >= 11 is 0. The summed E-state index contributed by atoms with van der Waals surface area (Å²) in [6.45, 7) is 13.7. The zero-order valence-corrected chi connectivity index (χ0v) is 15.3. The molecule has 0 aliphatic rings. The van der Waals surface area contributed by atoms with Crippen molar-refractivity contribution in [3.05, 3.63) is 63.2 Å². The zero-order chi connectivity index (χ0) is 17.0. The molecular formula is C22H28O. The van der Waals surface area contributed by atoms with Crippen LogP contribution in [0, 0.1) is 34.6 Å². The second-order valence-corrected chi connectivity index (χ2v) is 6.46. The van der Waals surface area contributed by atoms with Gasteiger partial charge in [-0.2, -0.15) is 0 Å². The molecule has 0 heterocycles. The number of hydrogen-bond donors (Lipinski definition) is 0. The number of benzene rings is 2. The highest BCUT2D eigenvalue weighted by Crippen LogP contribution is 2.25. The van der Waals surface area contributed by atoms with Crippen molar-refractivity contribution >= 4 is 12.2 Å². The molecule has 1 heteroatoms. The lowest BCUT2D eigenvalue weighted by molar-refractivity contribution is 0.317. The molecule has 2 rings (SSSR count). The average molecular weight is 308 g/mol. The van der Waals surface area contributed by atoms with Crippen molar-refractivity contribution in [3.8, 4) is 5.75 Å². The van der Waals surface area contributed by atoms with E-state index in [2.05, 4.69) is 78.0 Å². The number of ether oxygens (including phenoxy) is 1. The first-order valence-electron chi connectivity index (χ1n) is 8.42. The molecule has 23 heavy (non-hydrogen) atoms. The largest absolute Gasteiger partial charge is 0.494 e. The van der Waals surface area contributed by atoms with Gasteiger partial charge < -0.3 is 4.74 Å². The summed E-state index contributed by atoms with van der Waals surface area (Å²) in [5.41, 5.74) is 9.11. The predicted molar refractivity (Wildman–Crippen MR) is 101 cm³/mol. The van der Waals surface area contributed by atoms with Gasteiger partial charge in [-0.3, -0.25) is 0 Å². The van der Waals surface area contributed by atoms with Gasteiger partial charge in [0.2, 0.25) is 0 Å². The lowest BCUT2D eigenvalue weighted by atomic mass is 9.97. The minimum absolute atomic E-state index is 0.774. The van der Waals surface area contributed by atoms with E-state index in [4.69, 9.17) is 4.74 Å². The number of hydrogen-bond acceptors (Lipinski definition) is 1. The van der Waals surface area contributed by atoms with Crippen LogP contribution in [0.2, 0.25) is 0 Å². The molecule has 0 saturated heterocycles. The Hall–Kier alpha value is -2.02. The summed E-state index contributed by atoms with van der Waals surface area (Å²) < 4.78 is 5.76. The van der Waals surface area contributed by atoms with E-state index < -0.39 is 0 Å². The lowest BCUT2D eigenvalue weighted by Gasteiger charge is -2.12. The van der Waals surface area contributed by atoms with Crippen LogP contribution >= 0.6 is 0 Å². The van der Waals surface area contributed by atoms with E-state index in [1.807, 2.05) is 0 Å². The third-order valence-corrected chi connectivity index (χ3v) is 4.19. The van der Waals surface area contributed by atoms with Gasteiger partial charge in [0, 0.05) is 0 Å². The maximum absolute atomic E-state index is 5.76. The molecule has 0 amide bonds. The molecule has 0 aromatic heterocycles. The highest BCUT2D eigenvalue weighted by molar-refractivity contribution is 5.75. The van der Waals surface area contributed by atoms with Gasteiger partial charge in [-0.1, -0.05) is 36.8 Å². The van der Waals surface area contributed by atoms with E-state index in [9.17, 15) is 0 Å². The summed E-state index contributed by atoms with van der Waals surface area (Å²) in [7, 11) is 0. The molecule has 0 bridgehead atoms. The molecule has 0 N–H and O–H groups in total. The van der Waals surface area contributed by atoms with Crippen molar-refractivity contribution in [2.24, 2.45) is 0 Å². The zero-order valence-electron chi connectivity index (χ0n) is 15.3. The smallest absolute Gasteiger partial charge is 0.119 e. The van der Waals surface area contributed by atoms with Gasteiger partial charge in [0.05, 0.1) is 6.61 Å². The second kappa shape index (κ2) is 7.50. The van der Waals surface area contributed by atoms with Crippen LogP contribution in [0.5, 0.6) is 5.75 Å². The van der Waals surface area contributed by atoms with Crippen LogP contribution in [-0.2, 0) is 0 Å². The maximum atomic E-state index is 5.76. The molecule has 2 aromatic carbocycles. The van der Waals surface area contributed by atoms with Crippen LogP contribution in [0.15, 0.2) is 24.3 Å². The first kappa shape index (κ1) is 17.3. The minimum atomic E-state index is 0.774.